The van der Waals surface area contributed by atoms with E-state index >= 15 is 0 Å². The van der Waals surface area contributed by atoms with Gasteiger partial charge in [-0.25, -0.2) is 0 Å². The third-order valence-electron chi connectivity index (χ3n) is 6.35. The molecule has 32 heavy (non-hydrogen) atoms. The third kappa shape index (κ3) is 4.76. The first kappa shape index (κ1) is 22.2. The number of fused-ring (bicyclic) bond motifs is 2. The smallest absolute Gasteiger partial charge is 0.151 e. The van der Waals surface area contributed by atoms with Gasteiger partial charge in [0.25, 0.3) is 0 Å². The molecular formula is C28H33NO3. The summed E-state index contributed by atoms with van der Waals surface area (Å²) in [4.78, 5) is 2.26. The quantitative estimate of drug-likeness (QED) is 0.379. The first-order valence-electron chi connectivity index (χ1n) is 11.7. The second-order valence-electron chi connectivity index (χ2n) is 8.35. The van der Waals surface area contributed by atoms with Gasteiger partial charge >= 0.3 is 0 Å². The zero-order valence-electron chi connectivity index (χ0n) is 19.0. The van der Waals surface area contributed by atoms with Crippen LogP contribution in [0.4, 0.5) is 11.4 Å². The Balaban J connectivity index is 1.43. The van der Waals surface area contributed by atoms with Crippen molar-refractivity contribution in [3.63, 3.8) is 0 Å². The first-order valence-corrected chi connectivity index (χ1v) is 11.7. The minimum atomic E-state index is 0.238. The molecule has 1 aliphatic heterocycles. The maximum absolute atomic E-state index is 9.78. The van der Waals surface area contributed by atoms with Gasteiger partial charge in [-0.05, 0) is 60.2 Å². The predicted octanol–water partition coefficient (Wildman–Crippen LogP) is 6.91. The second kappa shape index (κ2) is 10.6. The molecule has 1 aliphatic rings. The molecule has 2 unspecified atom stereocenters. The minimum Gasteiger partial charge on any atom is -0.492 e. The molecule has 4 heteroatoms. The van der Waals surface area contributed by atoms with Gasteiger partial charge in [0.1, 0.15) is 12.4 Å². The van der Waals surface area contributed by atoms with Crippen molar-refractivity contribution in [2.45, 2.75) is 39.0 Å². The van der Waals surface area contributed by atoms with E-state index in [9.17, 15) is 5.11 Å². The lowest BCUT2D eigenvalue weighted by molar-refractivity contribution is 0.194. The Morgan fingerprint density at radius 2 is 1.50 bits per heavy atom. The maximum atomic E-state index is 9.78. The highest BCUT2D eigenvalue weighted by molar-refractivity contribution is 5.77. The summed E-state index contributed by atoms with van der Waals surface area (Å²) >= 11 is 0. The van der Waals surface area contributed by atoms with E-state index in [1.165, 1.54) is 5.56 Å². The van der Waals surface area contributed by atoms with Crippen LogP contribution in [0, 0.1) is 5.92 Å². The molecule has 168 valence electrons. The Morgan fingerprint density at radius 1 is 0.875 bits per heavy atom. The number of benzene rings is 3. The fourth-order valence-corrected chi connectivity index (χ4v) is 4.61. The van der Waals surface area contributed by atoms with Gasteiger partial charge in [0.05, 0.1) is 17.9 Å². The van der Waals surface area contributed by atoms with Crippen molar-refractivity contribution < 1.29 is 14.6 Å². The zero-order chi connectivity index (χ0) is 22.3. The van der Waals surface area contributed by atoms with Gasteiger partial charge in [0.2, 0.25) is 0 Å². The number of hydrogen-bond acceptors (Lipinski definition) is 4. The Hall–Kier alpha value is -2.98. The van der Waals surface area contributed by atoms with Crippen LogP contribution in [0.3, 0.4) is 0 Å². The summed E-state index contributed by atoms with van der Waals surface area (Å²) in [6.07, 6.45) is 3.19. The summed E-state index contributed by atoms with van der Waals surface area (Å²) in [5.74, 6) is 3.31. The Labute approximate surface area is 191 Å². The summed E-state index contributed by atoms with van der Waals surface area (Å²) in [6, 6.07) is 24.7. The molecule has 1 heterocycles. The van der Waals surface area contributed by atoms with Crippen LogP contribution in [0.5, 0.6) is 17.2 Å². The van der Waals surface area contributed by atoms with Crippen molar-refractivity contribution >= 4 is 11.4 Å². The van der Waals surface area contributed by atoms with E-state index in [2.05, 4.69) is 55.1 Å². The number of rotatable bonds is 10. The van der Waals surface area contributed by atoms with Gasteiger partial charge in [-0.3, -0.25) is 0 Å². The number of anilines is 2. The Morgan fingerprint density at radius 3 is 2.06 bits per heavy atom. The van der Waals surface area contributed by atoms with E-state index in [4.69, 9.17) is 9.47 Å². The molecule has 0 aliphatic carbocycles. The summed E-state index contributed by atoms with van der Waals surface area (Å²) < 4.78 is 12.2. The number of ether oxygens (including phenoxy) is 2. The lowest BCUT2D eigenvalue weighted by atomic mass is 9.82. The monoisotopic (exact) mass is 431 g/mol. The molecule has 0 saturated heterocycles. The van der Waals surface area contributed by atoms with Crippen LogP contribution < -0.4 is 14.4 Å². The molecule has 4 rings (SSSR count). The summed E-state index contributed by atoms with van der Waals surface area (Å²) in [6.45, 7) is 5.88. The molecule has 0 aromatic heterocycles. The molecule has 0 bridgehead atoms. The van der Waals surface area contributed by atoms with E-state index < -0.39 is 0 Å². The lowest BCUT2D eigenvalue weighted by Gasteiger charge is -2.32. The molecule has 4 nitrogen and oxygen atoms in total. The van der Waals surface area contributed by atoms with E-state index in [1.807, 2.05) is 36.4 Å². The second-order valence-corrected chi connectivity index (χ2v) is 8.35. The van der Waals surface area contributed by atoms with Crippen LogP contribution in [0.1, 0.15) is 44.6 Å². The van der Waals surface area contributed by atoms with E-state index in [0.29, 0.717) is 18.4 Å². The summed E-state index contributed by atoms with van der Waals surface area (Å²) in [7, 11) is 0. The van der Waals surface area contributed by atoms with Gasteiger partial charge in [-0.2, -0.15) is 0 Å². The van der Waals surface area contributed by atoms with Gasteiger partial charge in [0, 0.05) is 6.61 Å². The summed E-state index contributed by atoms with van der Waals surface area (Å²) in [5, 5.41) is 9.78. The van der Waals surface area contributed by atoms with Crippen molar-refractivity contribution in [3.8, 4) is 17.2 Å². The third-order valence-corrected chi connectivity index (χ3v) is 6.35. The van der Waals surface area contributed by atoms with Gasteiger partial charge in [-0.15, -0.1) is 0 Å². The fraction of sp³-hybridized carbons (Fsp3) is 0.357. The highest BCUT2D eigenvalue weighted by Crippen LogP contribution is 2.46. The highest BCUT2D eigenvalue weighted by atomic mass is 16.5. The molecule has 0 radical (unpaired) electrons. The minimum absolute atomic E-state index is 0.238. The van der Waals surface area contributed by atoms with Crippen LogP contribution in [0.2, 0.25) is 0 Å². The Bertz CT molecular complexity index is 952. The standard InChI is InChI=1S/C28H33NO3/c1-3-9-24(21(4-2)20-30)22-14-16-23(17-15-22)31-19-18-29-25-10-5-7-12-27(25)32-28-13-8-6-11-26(28)29/h5-8,10-17,21,24,30H,3-4,9,18-20H2,1-2H3. The molecule has 3 aromatic carbocycles. The number of aliphatic hydroxyl groups is 1. The molecule has 2 atom stereocenters. The molecule has 0 spiro atoms. The SMILES string of the molecule is CCCC(c1ccc(OCCN2c3ccccc3Oc3ccccc32)cc1)C(CC)CO. The van der Waals surface area contributed by atoms with Crippen LogP contribution in [0.15, 0.2) is 72.8 Å². The molecule has 0 amide bonds. The van der Waals surface area contributed by atoms with Crippen LogP contribution in [0.25, 0.3) is 0 Å². The number of aliphatic hydroxyl groups excluding tert-OH is 1. The zero-order valence-corrected chi connectivity index (χ0v) is 19.0. The normalized spacial score (nSPS) is 14.2. The highest BCUT2D eigenvalue weighted by Gasteiger charge is 2.24. The van der Waals surface area contributed by atoms with Crippen LogP contribution in [-0.4, -0.2) is 24.9 Å². The number of hydrogen-bond donors (Lipinski definition) is 1. The van der Waals surface area contributed by atoms with E-state index in [-0.39, 0.29) is 6.61 Å². The van der Waals surface area contributed by atoms with Crippen LogP contribution >= 0.6 is 0 Å². The van der Waals surface area contributed by atoms with E-state index in [0.717, 1.165) is 54.4 Å². The molecular weight excluding hydrogens is 398 g/mol. The molecule has 1 N–H and O–H groups in total. The topological polar surface area (TPSA) is 41.9 Å². The molecule has 0 saturated carbocycles. The van der Waals surface area contributed by atoms with Crippen molar-refractivity contribution in [2.24, 2.45) is 5.92 Å². The summed E-state index contributed by atoms with van der Waals surface area (Å²) in [5.41, 5.74) is 3.40. The lowest BCUT2D eigenvalue weighted by Crippen LogP contribution is -2.26. The first-order chi connectivity index (χ1) is 15.7. The number of nitrogens with zero attached hydrogens (tertiary/aromatic N) is 1. The van der Waals surface area contributed by atoms with Crippen molar-refractivity contribution in [1.29, 1.82) is 0 Å². The van der Waals surface area contributed by atoms with Crippen molar-refractivity contribution in [2.75, 3.05) is 24.7 Å². The van der Waals surface area contributed by atoms with Gasteiger partial charge in [-0.1, -0.05) is 63.1 Å². The molecule has 3 aromatic rings. The van der Waals surface area contributed by atoms with Gasteiger partial charge in [0.15, 0.2) is 11.5 Å². The average Bonchev–Trinajstić information content (AvgIpc) is 2.84. The fourth-order valence-electron chi connectivity index (χ4n) is 4.61. The largest absolute Gasteiger partial charge is 0.492 e. The van der Waals surface area contributed by atoms with Crippen molar-refractivity contribution in [3.05, 3.63) is 78.4 Å². The molecule has 0 fully saturated rings. The van der Waals surface area contributed by atoms with E-state index in [1.54, 1.807) is 0 Å². The van der Waals surface area contributed by atoms with Gasteiger partial charge < -0.3 is 19.5 Å². The average molecular weight is 432 g/mol. The Kier molecular flexibility index (Phi) is 7.33. The van der Waals surface area contributed by atoms with Crippen molar-refractivity contribution in [1.82, 2.24) is 0 Å². The predicted molar refractivity (Wildman–Crippen MR) is 130 cm³/mol. The maximum Gasteiger partial charge on any atom is 0.151 e. The van der Waals surface area contributed by atoms with Crippen LogP contribution in [-0.2, 0) is 0 Å². The number of para-hydroxylation sites is 4.